The predicted octanol–water partition coefficient (Wildman–Crippen LogP) is 5.96. The third kappa shape index (κ3) is 5.57. The molecule has 0 saturated carbocycles. The number of fused-ring (bicyclic) bond motifs is 1. The smallest absolute Gasteiger partial charge is 0.271 e. The van der Waals surface area contributed by atoms with Crippen LogP contribution >= 0.6 is 11.6 Å². The van der Waals surface area contributed by atoms with Crippen LogP contribution in [0.5, 0.6) is 0 Å². The van der Waals surface area contributed by atoms with Crippen molar-refractivity contribution in [2.45, 2.75) is 18.4 Å². The highest BCUT2D eigenvalue weighted by Gasteiger charge is 2.21. The second-order valence-corrected chi connectivity index (χ2v) is 11.9. The number of benzene rings is 4. The Morgan fingerprint density at radius 3 is 2.42 bits per heavy atom. The van der Waals surface area contributed by atoms with Gasteiger partial charge in [0.25, 0.3) is 5.56 Å². The molecule has 0 atom stereocenters. The first-order valence-electron chi connectivity index (χ1n) is 13.0. The minimum Gasteiger partial charge on any atom is -0.275 e. The van der Waals surface area contributed by atoms with Crippen molar-refractivity contribution < 1.29 is 17.2 Å². The third-order valence-electron chi connectivity index (χ3n) is 6.78. The number of imidazole rings is 1. The number of para-hydroxylation sites is 1. The van der Waals surface area contributed by atoms with Gasteiger partial charge in [-0.3, -0.25) is 9.36 Å². The van der Waals surface area contributed by atoms with Gasteiger partial charge in [-0.25, -0.2) is 26.9 Å². The Morgan fingerprint density at radius 2 is 1.67 bits per heavy atom. The van der Waals surface area contributed by atoms with Gasteiger partial charge in [-0.1, -0.05) is 47.5 Å². The van der Waals surface area contributed by atoms with Crippen LogP contribution in [0.2, 0.25) is 5.02 Å². The lowest BCUT2D eigenvalue weighted by molar-refractivity contribution is 0.581. The van der Waals surface area contributed by atoms with Gasteiger partial charge in [-0.2, -0.15) is 4.68 Å². The van der Waals surface area contributed by atoms with Gasteiger partial charge in [0.15, 0.2) is 5.82 Å². The fourth-order valence-corrected chi connectivity index (χ4v) is 5.85. The first-order chi connectivity index (χ1) is 20.6. The summed E-state index contributed by atoms with van der Waals surface area (Å²) in [5.41, 5.74) is 2.30. The van der Waals surface area contributed by atoms with Gasteiger partial charge in [-0.15, -0.1) is 5.10 Å². The maximum atomic E-state index is 15.1. The maximum Gasteiger partial charge on any atom is 0.271 e. The molecule has 0 fully saturated rings. The lowest BCUT2D eigenvalue weighted by atomic mass is 10.2. The number of nitrogens with one attached hydrogen (secondary N) is 1. The Bertz CT molecular complexity index is 2180. The molecule has 6 aromatic rings. The number of nitrogens with zero attached hydrogens (tertiary/aromatic N) is 4. The zero-order valence-electron chi connectivity index (χ0n) is 22.5. The van der Waals surface area contributed by atoms with Crippen LogP contribution in [0.3, 0.4) is 0 Å². The number of rotatable bonds is 7. The van der Waals surface area contributed by atoms with Crippen LogP contribution in [-0.4, -0.2) is 27.7 Å². The molecule has 0 aliphatic heterocycles. The van der Waals surface area contributed by atoms with Crippen LogP contribution in [-0.2, 0) is 16.6 Å². The summed E-state index contributed by atoms with van der Waals surface area (Å²) in [6.45, 7) is 1.83. The molecule has 0 aliphatic rings. The van der Waals surface area contributed by atoms with Gasteiger partial charge in [0.05, 0.1) is 32.2 Å². The fourth-order valence-electron chi connectivity index (χ4n) is 4.62. The first-order valence-corrected chi connectivity index (χ1v) is 14.9. The summed E-state index contributed by atoms with van der Waals surface area (Å²) in [6, 6.07) is 24.1. The molecule has 0 aliphatic carbocycles. The number of hydrogen-bond donors (Lipinski definition) is 1. The summed E-state index contributed by atoms with van der Waals surface area (Å²) in [7, 11) is -3.78. The van der Waals surface area contributed by atoms with E-state index in [4.69, 9.17) is 11.6 Å². The third-order valence-corrected chi connectivity index (χ3v) is 8.52. The van der Waals surface area contributed by atoms with Gasteiger partial charge in [0, 0.05) is 18.7 Å². The quantitative estimate of drug-likeness (QED) is 0.238. The predicted molar refractivity (Wildman–Crippen MR) is 160 cm³/mol. The molecule has 6 rings (SSSR count). The molecule has 4 aromatic carbocycles. The zero-order valence-corrected chi connectivity index (χ0v) is 24.1. The van der Waals surface area contributed by atoms with Crippen molar-refractivity contribution in [1.82, 2.24) is 24.1 Å². The molecule has 1 N–H and O–H groups in total. The second kappa shape index (κ2) is 11.2. The SMILES string of the molecule is Cc1ccc(S(=O)(=O)NCc2ccc3c(c2)nc(-c2ccc(F)cc2F)n3-c2ccc(=O)n(-c3ccccc3Cl)n2)cc1. The molecule has 216 valence electrons. The van der Waals surface area contributed by atoms with Gasteiger partial charge in [0.2, 0.25) is 10.0 Å². The van der Waals surface area contributed by atoms with Crippen molar-refractivity contribution in [3.8, 4) is 22.9 Å². The first kappa shape index (κ1) is 28.4. The standard InChI is InChI=1S/C31H22ClF2N5O3S/c1-19-6-10-22(11-7-19)43(41,42)35-18-20-8-13-28-26(16-20)36-31(23-12-9-21(33)17-25(23)34)38(28)29-14-15-30(40)39(37-29)27-5-3-2-4-24(27)32/h2-17,35H,18H2,1H3. The summed E-state index contributed by atoms with van der Waals surface area (Å²) in [5.74, 6) is -1.28. The van der Waals surface area contributed by atoms with Crippen LogP contribution in [0.15, 0.2) is 107 Å². The topological polar surface area (TPSA) is 98.9 Å². The largest absolute Gasteiger partial charge is 0.275 e. The lowest BCUT2D eigenvalue weighted by Gasteiger charge is -2.12. The maximum absolute atomic E-state index is 15.1. The Balaban J connectivity index is 1.46. The molecular formula is C31H22ClF2N5O3S. The summed E-state index contributed by atoms with van der Waals surface area (Å²) in [5, 5.41) is 4.81. The normalized spacial score (nSPS) is 11.7. The summed E-state index contributed by atoms with van der Waals surface area (Å²) >= 11 is 6.34. The van der Waals surface area contributed by atoms with E-state index < -0.39 is 27.2 Å². The van der Waals surface area contributed by atoms with Crippen LogP contribution in [0, 0.1) is 18.6 Å². The molecule has 2 aromatic heterocycles. The highest BCUT2D eigenvalue weighted by Crippen LogP contribution is 2.31. The minimum atomic E-state index is -3.78. The van der Waals surface area contributed by atoms with Gasteiger partial charge >= 0.3 is 0 Å². The van der Waals surface area contributed by atoms with Gasteiger partial charge in [0.1, 0.15) is 17.5 Å². The van der Waals surface area contributed by atoms with Crippen LogP contribution in [0.25, 0.3) is 33.9 Å². The van der Waals surface area contributed by atoms with E-state index in [0.717, 1.165) is 22.4 Å². The summed E-state index contributed by atoms with van der Waals surface area (Å²) < 4.78 is 59.8. The Morgan fingerprint density at radius 1 is 0.907 bits per heavy atom. The van der Waals surface area contributed by atoms with Crippen LogP contribution in [0.4, 0.5) is 8.78 Å². The number of sulfonamides is 1. The van der Waals surface area contributed by atoms with Crippen LogP contribution < -0.4 is 10.3 Å². The molecule has 8 nitrogen and oxygen atoms in total. The highest BCUT2D eigenvalue weighted by molar-refractivity contribution is 7.89. The molecule has 0 saturated heterocycles. The monoisotopic (exact) mass is 617 g/mol. The van der Waals surface area contributed by atoms with E-state index in [9.17, 15) is 17.6 Å². The van der Waals surface area contributed by atoms with E-state index in [1.54, 1.807) is 59.2 Å². The molecule has 0 spiro atoms. The molecule has 0 unspecified atom stereocenters. The van der Waals surface area contributed by atoms with Crippen molar-refractivity contribution in [3.05, 3.63) is 135 Å². The average Bonchev–Trinajstić information content (AvgIpc) is 3.35. The number of aromatic nitrogens is 4. The van der Waals surface area contributed by atoms with Gasteiger partial charge in [-0.05, 0) is 67.1 Å². The fraction of sp³-hybridized carbons (Fsp3) is 0.0645. The molecular weight excluding hydrogens is 596 g/mol. The Hall–Kier alpha value is -4.71. The van der Waals surface area contributed by atoms with Crippen molar-refractivity contribution in [2.24, 2.45) is 0 Å². The zero-order chi connectivity index (χ0) is 30.3. The Kier molecular flexibility index (Phi) is 7.38. The highest BCUT2D eigenvalue weighted by atomic mass is 35.5. The van der Waals surface area contributed by atoms with E-state index in [-0.39, 0.29) is 28.6 Å². The van der Waals surface area contributed by atoms with E-state index in [0.29, 0.717) is 27.3 Å². The molecule has 43 heavy (non-hydrogen) atoms. The van der Waals surface area contributed by atoms with Crippen molar-refractivity contribution in [2.75, 3.05) is 0 Å². The van der Waals surface area contributed by atoms with E-state index in [2.05, 4.69) is 14.8 Å². The number of aryl methyl sites for hydroxylation is 1. The second-order valence-electron chi connectivity index (χ2n) is 9.75. The van der Waals surface area contributed by atoms with E-state index in [1.807, 2.05) is 6.92 Å². The number of hydrogen-bond acceptors (Lipinski definition) is 5. The Labute approximate surface area is 249 Å². The molecule has 0 bridgehead atoms. The molecule has 2 heterocycles. The summed E-state index contributed by atoms with van der Waals surface area (Å²) in [6.07, 6.45) is 0. The lowest BCUT2D eigenvalue weighted by Crippen LogP contribution is -2.23. The van der Waals surface area contributed by atoms with Crippen molar-refractivity contribution in [1.29, 1.82) is 0 Å². The van der Waals surface area contributed by atoms with Crippen molar-refractivity contribution in [3.63, 3.8) is 0 Å². The van der Waals surface area contributed by atoms with Crippen LogP contribution in [0.1, 0.15) is 11.1 Å². The summed E-state index contributed by atoms with van der Waals surface area (Å²) in [4.78, 5) is 17.6. The minimum absolute atomic E-state index is 0.00322. The van der Waals surface area contributed by atoms with E-state index in [1.165, 1.54) is 30.3 Å². The molecule has 12 heteroatoms. The average molecular weight is 618 g/mol. The molecule has 0 radical (unpaired) electrons. The van der Waals surface area contributed by atoms with Crippen molar-refractivity contribution >= 4 is 32.7 Å². The van der Waals surface area contributed by atoms with Gasteiger partial charge < -0.3 is 0 Å². The van der Waals surface area contributed by atoms with E-state index >= 15 is 4.39 Å². The molecule has 0 amide bonds. The number of halogens is 3.